The normalized spacial score (nSPS) is 10.8. The zero-order valence-corrected chi connectivity index (χ0v) is 11.1. The molecule has 0 bridgehead atoms. The fourth-order valence-electron chi connectivity index (χ4n) is 2.14. The summed E-state index contributed by atoms with van der Waals surface area (Å²) in [6.45, 7) is 1.88. The van der Waals surface area contributed by atoms with E-state index in [1.165, 1.54) is 4.68 Å². The number of rotatable bonds is 1. The maximum absolute atomic E-state index is 12.5. The van der Waals surface area contributed by atoms with Crippen LogP contribution in [0, 0.1) is 6.92 Å². The molecular weight excluding hydrogens is 260 g/mol. The van der Waals surface area contributed by atoms with Gasteiger partial charge in [0.05, 0.1) is 21.8 Å². The highest BCUT2D eigenvalue weighted by molar-refractivity contribution is 6.32. The molecule has 0 aliphatic heterocycles. The first-order chi connectivity index (χ1) is 9.18. The summed E-state index contributed by atoms with van der Waals surface area (Å²) in [5.41, 5.74) is 1.24. The first-order valence-electron chi connectivity index (χ1n) is 5.92. The third kappa shape index (κ3) is 1.92. The van der Waals surface area contributed by atoms with E-state index in [2.05, 4.69) is 5.10 Å². The maximum Gasteiger partial charge on any atom is 0.279 e. The zero-order chi connectivity index (χ0) is 13.4. The van der Waals surface area contributed by atoms with E-state index in [1.807, 2.05) is 37.3 Å². The Balaban J connectivity index is 2.41. The highest BCUT2D eigenvalue weighted by atomic mass is 35.5. The summed E-state index contributed by atoms with van der Waals surface area (Å²) in [5.74, 6) is 0. The molecule has 19 heavy (non-hydrogen) atoms. The third-order valence-electron chi connectivity index (χ3n) is 3.07. The van der Waals surface area contributed by atoms with Gasteiger partial charge in [-0.2, -0.15) is 9.78 Å². The summed E-state index contributed by atoms with van der Waals surface area (Å²) in [4.78, 5) is 12.5. The molecule has 0 N–H and O–H groups in total. The van der Waals surface area contributed by atoms with Crippen molar-refractivity contribution in [2.24, 2.45) is 0 Å². The highest BCUT2D eigenvalue weighted by Gasteiger charge is 2.10. The number of benzene rings is 2. The molecule has 0 atom stereocenters. The SMILES string of the molecule is Cc1nn(-c2ccccc2Cl)c(=O)c2ccccc12. The maximum atomic E-state index is 12.5. The Hall–Kier alpha value is -2.13. The van der Waals surface area contributed by atoms with Crippen molar-refractivity contribution >= 4 is 22.4 Å². The molecule has 0 aliphatic rings. The lowest BCUT2D eigenvalue weighted by molar-refractivity contribution is 0.801. The second kappa shape index (κ2) is 4.52. The van der Waals surface area contributed by atoms with Crippen molar-refractivity contribution in [2.75, 3.05) is 0 Å². The highest BCUT2D eigenvalue weighted by Crippen LogP contribution is 2.19. The summed E-state index contributed by atoms with van der Waals surface area (Å²) in [7, 11) is 0. The van der Waals surface area contributed by atoms with Crippen molar-refractivity contribution in [3.05, 3.63) is 69.6 Å². The third-order valence-corrected chi connectivity index (χ3v) is 3.39. The van der Waals surface area contributed by atoms with Gasteiger partial charge < -0.3 is 0 Å². The van der Waals surface area contributed by atoms with Crippen molar-refractivity contribution in [3.63, 3.8) is 0 Å². The Kier molecular flexibility index (Phi) is 2.84. The summed E-state index contributed by atoms with van der Waals surface area (Å²) >= 11 is 6.13. The first kappa shape index (κ1) is 11.9. The van der Waals surface area contributed by atoms with Crippen molar-refractivity contribution in [1.82, 2.24) is 9.78 Å². The van der Waals surface area contributed by atoms with Crippen LogP contribution >= 0.6 is 11.6 Å². The molecule has 2 aromatic carbocycles. The number of aromatic nitrogens is 2. The molecule has 0 unspecified atom stereocenters. The van der Waals surface area contributed by atoms with Gasteiger partial charge in [0, 0.05) is 5.39 Å². The molecule has 0 radical (unpaired) electrons. The number of hydrogen-bond acceptors (Lipinski definition) is 2. The summed E-state index contributed by atoms with van der Waals surface area (Å²) in [6.07, 6.45) is 0. The standard InChI is InChI=1S/C15H11ClN2O/c1-10-11-6-2-3-7-12(11)15(19)18(17-10)14-9-5-4-8-13(14)16/h2-9H,1H3. The molecule has 94 valence electrons. The van der Waals surface area contributed by atoms with Crippen LogP contribution in [-0.4, -0.2) is 9.78 Å². The van der Waals surface area contributed by atoms with E-state index in [4.69, 9.17) is 11.6 Å². The molecule has 0 saturated carbocycles. The van der Waals surface area contributed by atoms with Gasteiger partial charge in [0.25, 0.3) is 5.56 Å². The van der Waals surface area contributed by atoms with Crippen LogP contribution in [0.3, 0.4) is 0 Å². The molecule has 3 rings (SSSR count). The molecule has 3 aromatic rings. The van der Waals surface area contributed by atoms with Gasteiger partial charge in [0.2, 0.25) is 0 Å². The average molecular weight is 271 g/mol. The monoisotopic (exact) mass is 270 g/mol. The van der Waals surface area contributed by atoms with Gasteiger partial charge in [-0.25, -0.2) is 0 Å². The Bertz CT molecular complexity index is 824. The topological polar surface area (TPSA) is 34.9 Å². The van der Waals surface area contributed by atoms with Crippen LogP contribution in [0.15, 0.2) is 53.3 Å². The molecule has 0 fully saturated rings. The van der Waals surface area contributed by atoms with E-state index >= 15 is 0 Å². The van der Waals surface area contributed by atoms with Gasteiger partial charge >= 0.3 is 0 Å². The van der Waals surface area contributed by atoms with Crippen molar-refractivity contribution in [1.29, 1.82) is 0 Å². The minimum atomic E-state index is -0.158. The van der Waals surface area contributed by atoms with Crippen molar-refractivity contribution in [3.8, 4) is 5.69 Å². The minimum absolute atomic E-state index is 0.158. The first-order valence-corrected chi connectivity index (χ1v) is 6.30. The zero-order valence-electron chi connectivity index (χ0n) is 10.3. The molecule has 0 saturated heterocycles. The van der Waals surface area contributed by atoms with E-state index in [1.54, 1.807) is 18.2 Å². The molecule has 1 aromatic heterocycles. The predicted molar refractivity (Wildman–Crippen MR) is 77.1 cm³/mol. The van der Waals surface area contributed by atoms with Crippen molar-refractivity contribution < 1.29 is 0 Å². The van der Waals surface area contributed by atoms with Gasteiger partial charge in [0.15, 0.2) is 0 Å². The largest absolute Gasteiger partial charge is 0.279 e. The summed E-state index contributed by atoms with van der Waals surface area (Å²) in [6, 6.07) is 14.6. The molecule has 4 heteroatoms. The Morgan fingerprint density at radius 3 is 2.37 bits per heavy atom. The number of aryl methyl sites for hydroxylation is 1. The fourth-order valence-corrected chi connectivity index (χ4v) is 2.35. The molecule has 0 spiro atoms. The Labute approximate surface area is 115 Å². The van der Waals surface area contributed by atoms with E-state index < -0.39 is 0 Å². The number of halogens is 1. The van der Waals surface area contributed by atoms with Crippen LogP contribution < -0.4 is 5.56 Å². The van der Waals surface area contributed by atoms with Crippen molar-refractivity contribution in [2.45, 2.75) is 6.92 Å². The van der Waals surface area contributed by atoms with E-state index in [9.17, 15) is 4.79 Å². The van der Waals surface area contributed by atoms with Crippen LogP contribution in [0.1, 0.15) is 5.69 Å². The summed E-state index contributed by atoms with van der Waals surface area (Å²) in [5, 5.41) is 6.38. The second-order valence-corrected chi connectivity index (χ2v) is 4.71. The van der Waals surface area contributed by atoms with Crippen LogP contribution in [0.25, 0.3) is 16.5 Å². The van der Waals surface area contributed by atoms with Gasteiger partial charge in [-0.05, 0) is 25.1 Å². The predicted octanol–water partition coefficient (Wildman–Crippen LogP) is 3.35. The number of hydrogen-bond donors (Lipinski definition) is 0. The average Bonchev–Trinajstić information content (AvgIpc) is 2.44. The van der Waals surface area contributed by atoms with Crippen LogP contribution in [-0.2, 0) is 0 Å². The van der Waals surface area contributed by atoms with Crippen LogP contribution in [0.4, 0.5) is 0 Å². The Morgan fingerprint density at radius 2 is 1.63 bits per heavy atom. The quantitative estimate of drug-likeness (QED) is 0.680. The van der Waals surface area contributed by atoms with E-state index in [0.29, 0.717) is 16.1 Å². The fraction of sp³-hybridized carbons (Fsp3) is 0.0667. The van der Waals surface area contributed by atoms with Gasteiger partial charge in [0.1, 0.15) is 0 Å². The number of nitrogens with zero attached hydrogens (tertiary/aromatic N) is 2. The second-order valence-electron chi connectivity index (χ2n) is 4.30. The smallest absolute Gasteiger partial charge is 0.267 e. The molecule has 1 heterocycles. The number of fused-ring (bicyclic) bond motifs is 1. The number of para-hydroxylation sites is 1. The summed E-state index contributed by atoms with van der Waals surface area (Å²) < 4.78 is 1.36. The molecule has 0 aliphatic carbocycles. The van der Waals surface area contributed by atoms with Crippen LogP contribution in [0.5, 0.6) is 0 Å². The minimum Gasteiger partial charge on any atom is -0.267 e. The molecular formula is C15H11ClN2O. The lowest BCUT2D eigenvalue weighted by Gasteiger charge is -2.09. The lowest BCUT2D eigenvalue weighted by atomic mass is 10.1. The van der Waals surface area contributed by atoms with E-state index in [-0.39, 0.29) is 5.56 Å². The molecule has 3 nitrogen and oxygen atoms in total. The van der Waals surface area contributed by atoms with Gasteiger partial charge in [-0.1, -0.05) is 41.9 Å². The van der Waals surface area contributed by atoms with Gasteiger partial charge in [-0.15, -0.1) is 0 Å². The Morgan fingerprint density at radius 1 is 1.00 bits per heavy atom. The van der Waals surface area contributed by atoms with Gasteiger partial charge in [-0.3, -0.25) is 4.79 Å². The molecule has 0 amide bonds. The lowest BCUT2D eigenvalue weighted by Crippen LogP contribution is -2.22. The van der Waals surface area contributed by atoms with Crippen LogP contribution in [0.2, 0.25) is 5.02 Å². The van der Waals surface area contributed by atoms with E-state index in [0.717, 1.165) is 11.1 Å².